The van der Waals surface area contributed by atoms with E-state index in [4.69, 9.17) is 11.6 Å². The molecule has 2 aromatic carbocycles. The van der Waals surface area contributed by atoms with Crippen molar-refractivity contribution in [1.29, 1.82) is 0 Å². The fraction of sp³-hybridized carbons (Fsp3) is 0.250. The van der Waals surface area contributed by atoms with Crippen LogP contribution in [0.1, 0.15) is 24.4 Å². The SMILES string of the molecule is O=S(=O)(c1ccc(F)c(Cl)c1)N1CCC[C@@H]1c1cccc(F)c1. The summed E-state index contributed by atoms with van der Waals surface area (Å²) in [6.45, 7) is 0.332. The fourth-order valence-electron chi connectivity index (χ4n) is 2.85. The predicted octanol–water partition coefficient (Wildman–Crippen LogP) is 4.14. The van der Waals surface area contributed by atoms with E-state index in [9.17, 15) is 17.2 Å². The van der Waals surface area contributed by atoms with Gasteiger partial charge in [-0.05, 0) is 48.7 Å². The lowest BCUT2D eigenvalue weighted by molar-refractivity contribution is 0.395. The lowest BCUT2D eigenvalue weighted by Gasteiger charge is -2.24. The monoisotopic (exact) mass is 357 g/mol. The predicted molar refractivity (Wildman–Crippen MR) is 83.7 cm³/mol. The van der Waals surface area contributed by atoms with Crippen molar-refractivity contribution in [3.63, 3.8) is 0 Å². The largest absolute Gasteiger partial charge is 0.243 e. The van der Waals surface area contributed by atoms with Crippen molar-refractivity contribution >= 4 is 21.6 Å². The van der Waals surface area contributed by atoms with Crippen molar-refractivity contribution in [1.82, 2.24) is 4.31 Å². The van der Waals surface area contributed by atoms with Crippen LogP contribution in [-0.2, 0) is 10.0 Å². The molecule has 7 heteroatoms. The van der Waals surface area contributed by atoms with Gasteiger partial charge in [-0.25, -0.2) is 17.2 Å². The first-order valence-corrected chi connectivity index (χ1v) is 8.94. The Morgan fingerprint density at radius 3 is 2.61 bits per heavy atom. The summed E-state index contributed by atoms with van der Waals surface area (Å²) in [6.07, 6.45) is 1.28. The lowest BCUT2D eigenvalue weighted by atomic mass is 10.1. The topological polar surface area (TPSA) is 37.4 Å². The number of rotatable bonds is 3. The van der Waals surface area contributed by atoms with Crippen molar-refractivity contribution < 1.29 is 17.2 Å². The van der Waals surface area contributed by atoms with Crippen LogP contribution in [0.2, 0.25) is 5.02 Å². The molecule has 23 heavy (non-hydrogen) atoms. The van der Waals surface area contributed by atoms with Crippen LogP contribution < -0.4 is 0 Å². The molecule has 0 aliphatic carbocycles. The quantitative estimate of drug-likeness (QED) is 0.827. The summed E-state index contributed by atoms with van der Waals surface area (Å²) in [4.78, 5) is -0.0628. The minimum absolute atomic E-state index is 0.0628. The summed E-state index contributed by atoms with van der Waals surface area (Å²) < 4.78 is 53.7. The Morgan fingerprint density at radius 2 is 1.91 bits per heavy atom. The number of sulfonamides is 1. The smallest absolute Gasteiger partial charge is 0.207 e. The highest BCUT2D eigenvalue weighted by molar-refractivity contribution is 7.89. The van der Waals surface area contributed by atoms with E-state index in [0.29, 0.717) is 24.9 Å². The molecular weight excluding hydrogens is 344 g/mol. The number of hydrogen-bond acceptors (Lipinski definition) is 2. The molecule has 0 aromatic heterocycles. The van der Waals surface area contributed by atoms with Crippen LogP contribution in [0.15, 0.2) is 47.4 Å². The van der Waals surface area contributed by atoms with Gasteiger partial charge < -0.3 is 0 Å². The minimum atomic E-state index is -3.83. The number of halogens is 3. The van der Waals surface area contributed by atoms with Crippen LogP contribution in [0.5, 0.6) is 0 Å². The van der Waals surface area contributed by atoms with Gasteiger partial charge >= 0.3 is 0 Å². The molecule has 1 fully saturated rings. The molecule has 0 amide bonds. The van der Waals surface area contributed by atoms with Crippen molar-refractivity contribution in [2.24, 2.45) is 0 Å². The first-order valence-electron chi connectivity index (χ1n) is 7.12. The van der Waals surface area contributed by atoms with E-state index >= 15 is 0 Å². The zero-order valence-corrected chi connectivity index (χ0v) is 13.6. The van der Waals surface area contributed by atoms with E-state index in [0.717, 1.165) is 12.1 Å². The van der Waals surface area contributed by atoms with Crippen molar-refractivity contribution in [2.75, 3.05) is 6.54 Å². The molecule has 0 spiro atoms. The average Bonchev–Trinajstić information content (AvgIpc) is 3.00. The molecule has 3 nitrogen and oxygen atoms in total. The van der Waals surface area contributed by atoms with Gasteiger partial charge in [0.1, 0.15) is 11.6 Å². The number of benzene rings is 2. The highest BCUT2D eigenvalue weighted by atomic mass is 35.5. The van der Waals surface area contributed by atoms with Gasteiger partial charge in [-0.3, -0.25) is 0 Å². The van der Waals surface area contributed by atoms with E-state index in [2.05, 4.69) is 0 Å². The lowest BCUT2D eigenvalue weighted by Crippen LogP contribution is -2.30. The Bertz CT molecular complexity index is 842. The first-order chi connectivity index (χ1) is 10.9. The van der Waals surface area contributed by atoms with Crippen LogP contribution in [0.3, 0.4) is 0 Å². The summed E-state index contributed by atoms with van der Waals surface area (Å²) in [6, 6.07) is 8.82. The third kappa shape index (κ3) is 3.11. The second-order valence-electron chi connectivity index (χ2n) is 5.40. The molecule has 0 N–H and O–H groups in total. The minimum Gasteiger partial charge on any atom is -0.207 e. The number of nitrogens with zero attached hydrogens (tertiary/aromatic N) is 1. The molecule has 0 bridgehead atoms. The van der Waals surface area contributed by atoms with Crippen molar-refractivity contribution in [3.8, 4) is 0 Å². The molecule has 3 rings (SSSR count). The zero-order chi connectivity index (χ0) is 16.6. The summed E-state index contributed by atoms with van der Waals surface area (Å²) in [5.74, 6) is -1.08. The van der Waals surface area contributed by atoms with E-state index in [-0.39, 0.29) is 9.92 Å². The summed E-state index contributed by atoms with van der Waals surface area (Å²) >= 11 is 5.69. The van der Waals surface area contributed by atoms with Gasteiger partial charge in [-0.1, -0.05) is 23.7 Å². The van der Waals surface area contributed by atoms with Crippen molar-refractivity contribution in [3.05, 3.63) is 64.7 Å². The molecular formula is C16H14ClF2NO2S. The Hall–Kier alpha value is -1.50. The maximum Gasteiger partial charge on any atom is 0.243 e. The van der Waals surface area contributed by atoms with E-state index in [1.807, 2.05) is 0 Å². The van der Waals surface area contributed by atoms with E-state index in [1.54, 1.807) is 12.1 Å². The molecule has 1 aliphatic heterocycles. The van der Waals surface area contributed by atoms with Gasteiger partial charge in [0, 0.05) is 6.54 Å². The molecule has 1 aliphatic rings. The molecule has 0 radical (unpaired) electrons. The second-order valence-corrected chi connectivity index (χ2v) is 7.70. The molecule has 122 valence electrons. The van der Waals surface area contributed by atoms with Crippen LogP contribution in [-0.4, -0.2) is 19.3 Å². The standard InChI is InChI=1S/C16H14ClF2NO2S/c17-14-10-13(6-7-15(14)19)23(21,22)20-8-2-5-16(20)11-3-1-4-12(18)9-11/h1,3-4,6-7,9-10,16H,2,5,8H2/t16-/m1/s1. The average molecular weight is 358 g/mol. The van der Waals surface area contributed by atoms with Gasteiger partial charge in [0.05, 0.1) is 16.0 Å². The van der Waals surface area contributed by atoms with Crippen LogP contribution in [0.4, 0.5) is 8.78 Å². The highest BCUT2D eigenvalue weighted by Gasteiger charge is 2.36. The van der Waals surface area contributed by atoms with Crippen LogP contribution in [0, 0.1) is 11.6 Å². The van der Waals surface area contributed by atoms with Gasteiger partial charge in [-0.15, -0.1) is 0 Å². The van der Waals surface area contributed by atoms with Crippen molar-refractivity contribution in [2.45, 2.75) is 23.8 Å². The summed E-state index contributed by atoms with van der Waals surface area (Å²) in [7, 11) is -3.83. The summed E-state index contributed by atoms with van der Waals surface area (Å²) in [5.41, 5.74) is 0.610. The van der Waals surface area contributed by atoms with Gasteiger partial charge in [0.15, 0.2) is 0 Å². The van der Waals surface area contributed by atoms with Gasteiger partial charge in [0.25, 0.3) is 0 Å². The summed E-state index contributed by atoms with van der Waals surface area (Å²) in [5, 5.41) is -0.243. The molecule has 2 aromatic rings. The highest BCUT2D eigenvalue weighted by Crippen LogP contribution is 2.37. The Labute approximate surface area is 138 Å². The van der Waals surface area contributed by atoms with Gasteiger partial charge in [-0.2, -0.15) is 4.31 Å². The van der Waals surface area contributed by atoms with Gasteiger partial charge in [0.2, 0.25) is 10.0 Å². The third-order valence-corrected chi connectivity index (χ3v) is 6.13. The molecule has 1 heterocycles. The zero-order valence-electron chi connectivity index (χ0n) is 12.0. The van der Waals surface area contributed by atoms with E-state index in [1.165, 1.54) is 22.5 Å². The maximum absolute atomic E-state index is 13.4. The Balaban J connectivity index is 1.99. The Kier molecular flexibility index (Phi) is 4.40. The third-order valence-electron chi connectivity index (χ3n) is 3.93. The first kappa shape index (κ1) is 16.4. The van der Waals surface area contributed by atoms with E-state index < -0.39 is 27.7 Å². The maximum atomic E-state index is 13.4. The normalized spacial score (nSPS) is 19.2. The second kappa shape index (κ2) is 6.19. The Morgan fingerprint density at radius 1 is 1.13 bits per heavy atom. The van der Waals surface area contributed by atoms with Crippen LogP contribution >= 0.6 is 11.6 Å². The molecule has 0 saturated carbocycles. The van der Waals surface area contributed by atoms with Crippen LogP contribution in [0.25, 0.3) is 0 Å². The fourth-order valence-corrected chi connectivity index (χ4v) is 4.80. The number of hydrogen-bond donors (Lipinski definition) is 0. The molecule has 1 saturated heterocycles. The molecule has 1 atom stereocenters. The molecule has 0 unspecified atom stereocenters.